The second-order valence-electron chi connectivity index (χ2n) is 4.34. The molecule has 5 nitrogen and oxygen atoms in total. The standard InChI is InChI=1S/C13H23N3O2/c1-6-14-12(13(17)18-7-2)8-16-11(5)9(3)10(4)15-16/h12,14H,6-8H2,1-5H3. The highest BCUT2D eigenvalue weighted by molar-refractivity contribution is 5.75. The summed E-state index contributed by atoms with van der Waals surface area (Å²) >= 11 is 0. The SMILES string of the molecule is CCNC(Cn1nc(C)c(C)c1C)C(=O)OCC. The van der Waals surface area contributed by atoms with Crippen LogP contribution in [0.15, 0.2) is 0 Å². The van der Waals surface area contributed by atoms with E-state index in [4.69, 9.17) is 4.74 Å². The normalized spacial score (nSPS) is 12.5. The number of hydrogen-bond donors (Lipinski definition) is 1. The van der Waals surface area contributed by atoms with Crippen molar-refractivity contribution in [3.63, 3.8) is 0 Å². The summed E-state index contributed by atoms with van der Waals surface area (Å²) in [5, 5.41) is 7.58. The summed E-state index contributed by atoms with van der Waals surface area (Å²) in [5.74, 6) is -0.218. The molecule has 1 atom stereocenters. The van der Waals surface area contributed by atoms with Crippen molar-refractivity contribution in [1.82, 2.24) is 15.1 Å². The van der Waals surface area contributed by atoms with Gasteiger partial charge in [0.1, 0.15) is 6.04 Å². The van der Waals surface area contributed by atoms with Gasteiger partial charge in [0, 0.05) is 5.69 Å². The second kappa shape index (κ2) is 6.54. The van der Waals surface area contributed by atoms with Gasteiger partial charge in [-0.2, -0.15) is 5.10 Å². The van der Waals surface area contributed by atoms with Gasteiger partial charge in [0.25, 0.3) is 0 Å². The number of aryl methyl sites for hydroxylation is 1. The van der Waals surface area contributed by atoms with E-state index in [1.165, 1.54) is 5.56 Å². The van der Waals surface area contributed by atoms with E-state index in [9.17, 15) is 4.79 Å². The highest BCUT2D eigenvalue weighted by Gasteiger charge is 2.21. The molecule has 1 heterocycles. The third-order valence-corrected chi connectivity index (χ3v) is 3.12. The fraction of sp³-hybridized carbons (Fsp3) is 0.692. The van der Waals surface area contributed by atoms with Gasteiger partial charge in [-0.1, -0.05) is 6.92 Å². The molecule has 0 aliphatic carbocycles. The molecule has 0 fully saturated rings. The van der Waals surface area contributed by atoms with Gasteiger partial charge in [0.15, 0.2) is 0 Å². The lowest BCUT2D eigenvalue weighted by atomic mass is 10.2. The van der Waals surface area contributed by atoms with Crippen LogP contribution in [0.4, 0.5) is 0 Å². The van der Waals surface area contributed by atoms with E-state index in [2.05, 4.69) is 10.4 Å². The molecule has 0 spiro atoms. The molecule has 0 aromatic carbocycles. The molecule has 18 heavy (non-hydrogen) atoms. The molecule has 0 aliphatic rings. The monoisotopic (exact) mass is 253 g/mol. The Hall–Kier alpha value is -1.36. The van der Waals surface area contributed by atoms with Crippen molar-refractivity contribution in [3.05, 3.63) is 17.0 Å². The number of aromatic nitrogens is 2. The topological polar surface area (TPSA) is 56.2 Å². The van der Waals surface area contributed by atoms with E-state index in [1.54, 1.807) is 0 Å². The molecule has 0 saturated carbocycles. The van der Waals surface area contributed by atoms with E-state index in [1.807, 2.05) is 39.3 Å². The Kier molecular flexibility index (Phi) is 5.34. The summed E-state index contributed by atoms with van der Waals surface area (Å²) in [6, 6.07) is -0.340. The van der Waals surface area contributed by atoms with Gasteiger partial charge in [-0.3, -0.25) is 9.48 Å². The molecule has 1 rings (SSSR count). The minimum atomic E-state index is -0.340. The van der Waals surface area contributed by atoms with Gasteiger partial charge in [0.05, 0.1) is 18.8 Å². The third-order valence-electron chi connectivity index (χ3n) is 3.12. The zero-order valence-corrected chi connectivity index (χ0v) is 11.9. The zero-order chi connectivity index (χ0) is 13.7. The average Bonchev–Trinajstić information content (AvgIpc) is 2.57. The molecule has 1 unspecified atom stereocenters. The lowest BCUT2D eigenvalue weighted by molar-refractivity contribution is -0.146. The van der Waals surface area contributed by atoms with Crippen molar-refractivity contribution in [2.24, 2.45) is 0 Å². The summed E-state index contributed by atoms with van der Waals surface area (Å²) < 4.78 is 6.93. The molecule has 0 aliphatic heterocycles. The van der Waals surface area contributed by atoms with Crippen LogP contribution in [-0.4, -0.2) is 34.9 Å². The Balaban J connectivity index is 2.82. The first-order valence-electron chi connectivity index (χ1n) is 6.41. The first kappa shape index (κ1) is 14.7. The third kappa shape index (κ3) is 3.32. The smallest absolute Gasteiger partial charge is 0.325 e. The average molecular weight is 253 g/mol. The van der Waals surface area contributed by atoms with Gasteiger partial charge in [-0.25, -0.2) is 0 Å². The summed E-state index contributed by atoms with van der Waals surface area (Å²) in [7, 11) is 0. The Labute approximate surface area is 109 Å². The number of esters is 1. The van der Waals surface area contributed by atoms with Crippen LogP contribution in [0, 0.1) is 20.8 Å². The maximum absolute atomic E-state index is 11.8. The molecular formula is C13H23N3O2. The number of nitrogens with one attached hydrogen (secondary N) is 1. The number of hydrogen-bond acceptors (Lipinski definition) is 4. The fourth-order valence-electron chi connectivity index (χ4n) is 1.85. The quantitative estimate of drug-likeness (QED) is 0.778. The van der Waals surface area contributed by atoms with Crippen LogP contribution in [0.1, 0.15) is 30.8 Å². The van der Waals surface area contributed by atoms with Crippen LogP contribution in [0.25, 0.3) is 0 Å². The summed E-state index contributed by atoms with van der Waals surface area (Å²) in [4.78, 5) is 11.8. The van der Waals surface area contributed by atoms with Crippen LogP contribution < -0.4 is 5.32 Å². The molecule has 1 aromatic rings. The number of ether oxygens (including phenoxy) is 1. The minimum Gasteiger partial charge on any atom is -0.465 e. The molecule has 1 N–H and O–H groups in total. The summed E-state index contributed by atoms with van der Waals surface area (Å²) in [6.45, 7) is 11.5. The fourth-order valence-corrected chi connectivity index (χ4v) is 1.85. The molecule has 0 amide bonds. The van der Waals surface area contributed by atoms with Crippen molar-refractivity contribution in [2.75, 3.05) is 13.2 Å². The summed E-state index contributed by atoms with van der Waals surface area (Å²) in [6.07, 6.45) is 0. The first-order valence-corrected chi connectivity index (χ1v) is 6.41. The first-order chi connectivity index (χ1) is 8.51. The molecule has 0 radical (unpaired) electrons. The van der Waals surface area contributed by atoms with Gasteiger partial charge in [-0.15, -0.1) is 0 Å². The van der Waals surface area contributed by atoms with Gasteiger partial charge < -0.3 is 10.1 Å². The number of carbonyl (C=O) groups excluding carboxylic acids is 1. The number of nitrogens with zero attached hydrogens (tertiary/aromatic N) is 2. The molecule has 0 bridgehead atoms. The van der Waals surface area contributed by atoms with Crippen LogP contribution in [0.3, 0.4) is 0 Å². The Bertz CT molecular complexity index is 413. The Morgan fingerprint density at radius 2 is 2.06 bits per heavy atom. The molecular weight excluding hydrogens is 230 g/mol. The van der Waals surface area contributed by atoms with Crippen molar-refractivity contribution in [3.8, 4) is 0 Å². The van der Waals surface area contributed by atoms with E-state index in [-0.39, 0.29) is 12.0 Å². The van der Waals surface area contributed by atoms with Gasteiger partial charge >= 0.3 is 5.97 Å². The van der Waals surface area contributed by atoms with Gasteiger partial charge in [0.2, 0.25) is 0 Å². The molecule has 1 aromatic heterocycles. The van der Waals surface area contributed by atoms with E-state index in [0.29, 0.717) is 13.2 Å². The molecule has 102 valence electrons. The lowest BCUT2D eigenvalue weighted by Gasteiger charge is -2.17. The van der Waals surface area contributed by atoms with Crippen LogP contribution in [0.2, 0.25) is 0 Å². The van der Waals surface area contributed by atoms with Crippen molar-refractivity contribution in [1.29, 1.82) is 0 Å². The lowest BCUT2D eigenvalue weighted by Crippen LogP contribution is -2.41. The van der Waals surface area contributed by atoms with Crippen LogP contribution >= 0.6 is 0 Å². The van der Waals surface area contributed by atoms with Crippen molar-refractivity contribution in [2.45, 2.75) is 47.2 Å². The van der Waals surface area contributed by atoms with Crippen molar-refractivity contribution < 1.29 is 9.53 Å². The zero-order valence-electron chi connectivity index (χ0n) is 11.9. The van der Waals surface area contributed by atoms with E-state index >= 15 is 0 Å². The Morgan fingerprint density at radius 3 is 2.50 bits per heavy atom. The predicted octanol–water partition coefficient (Wildman–Crippen LogP) is 1.35. The Morgan fingerprint density at radius 1 is 1.39 bits per heavy atom. The number of carbonyl (C=O) groups is 1. The summed E-state index contributed by atoms with van der Waals surface area (Å²) in [5.41, 5.74) is 3.28. The minimum absolute atomic E-state index is 0.218. The highest BCUT2D eigenvalue weighted by Crippen LogP contribution is 2.11. The predicted molar refractivity (Wildman–Crippen MR) is 70.5 cm³/mol. The van der Waals surface area contributed by atoms with E-state index in [0.717, 1.165) is 17.9 Å². The molecule has 0 saturated heterocycles. The van der Waals surface area contributed by atoms with Crippen molar-refractivity contribution >= 4 is 5.97 Å². The van der Waals surface area contributed by atoms with Crippen LogP contribution in [0.5, 0.6) is 0 Å². The maximum Gasteiger partial charge on any atom is 0.325 e. The maximum atomic E-state index is 11.8. The second-order valence-corrected chi connectivity index (χ2v) is 4.34. The van der Waals surface area contributed by atoms with Gasteiger partial charge in [-0.05, 0) is 39.8 Å². The number of rotatable bonds is 6. The number of likely N-dealkylation sites (N-methyl/N-ethyl adjacent to an activating group) is 1. The molecule has 5 heteroatoms. The largest absolute Gasteiger partial charge is 0.465 e. The van der Waals surface area contributed by atoms with E-state index < -0.39 is 0 Å². The highest BCUT2D eigenvalue weighted by atomic mass is 16.5. The van der Waals surface area contributed by atoms with Crippen LogP contribution in [-0.2, 0) is 16.1 Å².